The van der Waals surface area contributed by atoms with Crippen LogP contribution in [0, 0.1) is 35.5 Å². The molecule has 0 radical (unpaired) electrons. The normalized spacial score (nSPS) is 31.6. The molecule has 2 aromatic rings. The number of carbonyl (C=O) groups excluding carboxylic acids is 4. The van der Waals surface area contributed by atoms with Gasteiger partial charge in [0.25, 0.3) is 0 Å². The highest BCUT2D eigenvalue weighted by molar-refractivity contribution is 6.40. The predicted octanol–water partition coefficient (Wildman–Crippen LogP) is 5.89. The van der Waals surface area contributed by atoms with Crippen molar-refractivity contribution in [2.45, 2.75) is 35.6 Å². The fraction of sp³-hybridized carbons (Fsp3) is 0.489. The molecule has 4 bridgehead atoms. The minimum absolute atomic E-state index is 0.194. The molecular weight excluding hydrogens is 891 g/mol. The van der Waals surface area contributed by atoms with Crippen molar-refractivity contribution in [1.29, 1.82) is 0 Å². The van der Waals surface area contributed by atoms with E-state index in [4.69, 9.17) is 80.0 Å². The first-order valence-electron chi connectivity index (χ1n) is 20.4. The fourth-order valence-electron chi connectivity index (χ4n) is 10.7. The first-order chi connectivity index (χ1) is 31.3. The third kappa shape index (κ3) is 8.37. The van der Waals surface area contributed by atoms with Gasteiger partial charge in [-0.25, -0.2) is 9.59 Å². The average molecular weight is 946 g/mol. The highest BCUT2D eigenvalue weighted by Gasteiger charge is 2.77. The van der Waals surface area contributed by atoms with Crippen molar-refractivity contribution in [2.75, 3.05) is 76.4 Å². The fourth-order valence-corrected chi connectivity index (χ4v) is 10.7. The minimum atomic E-state index is -1.67. The van der Waals surface area contributed by atoms with Gasteiger partial charge in [-0.2, -0.15) is 0 Å². The van der Waals surface area contributed by atoms with Crippen LogP contribution >= 0.6 is 23.2 Å². The molecule has 1 aliphatic heterocycles. The van der Waals surface area contributed by atoms with Crippen LogP contribution in [-0.4, -0.2) is 124 Å². The van der Waals surface area contributed by atoms with Crippen molar-refractivity contribution >= 4 is 47.1 Å². The van der Waals surface area contributed by atoms with Gasteiger partial charge < -0.3 is 56.8 Å². The Morgan fingerprint density at radius 3 is 1.18 bits per heavy atom. The molecule has 352 valence electrons. The quantitative estimate of drug-likeness (QED) is 0.0947. The van der Waals surface area contributed by atoms with Crippen LogP contribution in [0.2, 0.25) is 0 Å². The van der Waals surface area contributed by atoms with Gasteiger partial charge in [0.2, 0.25) is 11.6 Å². The molecule has 1 heterocycles. The molecule has 18 heteroatoms. The zero-order valence-corrected chi connectivity index (χ0v) is 39.2. The number of rotatable bonds is 14. The molecular formula is C47H54Cl2O16. The lowest BCUT2D eigenvalue weighted by Gasteiger charge is -2.69. The molecule has 0 amide bonds. The van der Waals surface area contributed by atoms with Crippen LogP contribution in [0.5, 0.6) is 23.0 Å². The smallest absolute Gasteiger partial charge is 0.330 e. The molecule has 0 aromatic heterocycles. The van der Waals surface area contributed by atoms with Crippen molar-refractivity contribution in [3.05, 3.63) is 95.1 Å². The predicted molar refractivity (Wildman–Crippen MR) is 234 cm³/mol. The van der Waals surface area contributed by atoms with Crippen molar-refractivity contribution < 1.29 is 76.0 Å². The molecule has 16 nitrogen and oxygen atoms in total. The van der Waals surface area contributed by atoms with Crippen molar-refractivity contribution in [3.63, 3.8) is 0 Å². The van der Waals surface area contributed by atoms with E-state index < -0.39 is 95.0 Å². The summed E-state index contributed by atoms with van der Waals surface area (Å²) in [4.78, 5) is 53.9. The highest BCUT2D eigenvalue weighted by Crippen LogP contribution is 2.68. The number of methoxy groups -OCH3 is 10. The lowest BCUT2D eigenvalue weighted by molar-refractivity contribution is -0.482. The van der Waals surface area contributed by atoms with E-state index in [9.17, 15) is 19.2 Å². The van der Waals surface area contributed by atoms with Crippen LogP contribution in [-0.2, 0) is 57.1 Å². The van der Waals surface area contributed by atoms with Gasteiger partial charge in [-0.3, -0.25) is 9.59 Å². The number of hydrogen-bond acceptors (Lipinski definition) is 16. The Labute approximate surface area is 387 Å². The second kappa shape index (κ2) is 20.6. The van der Waals surface area contributed by atoms with Crippen LogP contribution in [0.4, 0.5) is 0 Å². The Kier molecular flexibility index (Phi) is 15.6. The Morgan fingerprint density at radius 2 is 0.892 bits per heavy atom. The van der Waals surface area contributed by atoms with E-state index in [1.807, 2.05) is 24.3 Å². The van der Waals surface area contributed by atoms with E-state index in [2.05, 4.69) is 0 Å². The Balaban J connectivity index is 0.00000227. The maximum Gasteiger partial charge on any atom is 0.330 e. The first-order valence-corrected chi connectivity index (χ1v) is 21.5. The second-order valence-electron chi connectivity index (χ2n) is 15.6. The number of alkyl halides is 2. The molecule has 12 atom stereocenters. The van der Waals surface area contributed by atoms with Gasteiger partial charge in [0.05, 0.1) is 74.1 Å². The standard InChI is InChI=1S/C46H52O16.CH2Cl2/c1-51-29-15-11-25(21-31(29)53-3)35-27-19-23(13-17-33(47)55-5)37(39(35)43(49)57-7)41-45(27,59-9)61-42-38-24(14-18-34(48)56-6)20-28(46(42,60-10)62-41)36(40(38)44(50)58-8)26-12-16-30(52-2)32(22-26)54-4;2-1-3/h11-22,27-28,35-42H,1-10H3;1H2/b17-13+,18-14+;/t27-,28-,35+,36+,37+,38+,39-,40-,41+,42+,45-,46-;/m0./s1. The summed E-state index contributed by atoms with van der Waals surface area (Å²) in [6.45, 7) is 0. The van der Waals surface area contributed by atoms with E-state index in [0.717, 1.165) is 0 Å². The molecule has 9 rings (SSSR count). The molecule has 1 saturated heterocycles. The van der Waals surface area contributed by atoms with Gasteiger partial charge in [-0.05, 0) is 46.5 Å². The minimum Gasteiger partial charge on any atom is -0.493 e. The maximum atomic E-state index is 14.4. The average Bonchev–Trinajstić information content (AvgIpc) is 3.35. The topological polar surface area (TPSA) is 179 Å². The molecule has 2 aromatic carbocycles. The number of allylic oxidation sites excluding steroid dienone is 2. The number of benzene rings is 2. The third-order valence-electron chi connectivity index (χ3n) is 13.2. The first kappa shape index (κ1) is 49.3. The lowest BCUT2D eigenvalue weighted by atomic mass is 9.50. The van der Waals surface area contributed by atoms with Crippen LogP contribution < -0.4 is 18.9 Å². The molecule has 3 fully saturated rings. The number of carbonyl (C=O) groups is 4. The largest absolute Gasteiger partial charge is 0.493 e. The van der Waals surface area contributed by atoms with Gasteiger partial charge in [0.1, 0.15) is 12.2 Å². The summed E-state index contributed by atoms with van der Waals surface area (Å²) in [7, 11) is 14.2. The van der Waals surface area contributed by atoms with Gasteiger partial charge in [0, 0.05) is 61.9 Å². The zero-order valence-electron chi connectivity index (χ0n) is 37.7. The third-order valence-corrected chi connectivity index (χ3v) is 13.2. The summed E-state index contributed by atoms with van der Waals surface area (Å²) in [5, 5.41) is 0.194. The van der Waals surface area contributed by atoms with E-state index in [1.54, 1.807) is 36.4 Å². The van der Waals surface area contributed by atoms with Crippen molar-refractivity contribution in [1.82, 2.24) is 0 Å². The Bertz CT molecular complexity index is 2090. The molecule has 0 unspecified atom stereocenters. The molecule has 65 heavy (non-hydrogen) atoms. The summed E-state index contributed by atoms with van der Waals surface area (Å²) < 4.78 is 71.6. The molecule has 7 aliphatic rings. The monoisotopic (exact) mass is 944 g/mol. The van der Waals surface area contributed by atoms with Gasteiger partial charge in [-0.1, -0.05) is 36.4 Å². The Morgan fingerprint density at radius 1 is 0.538 bits per heavy atom. The SMILES string of the molecule is COC(=O)/C=C/C1=C[C@H]2[C@@H](c3ccc(OC)c(OC)c3)[C@H](C(=O)OC)[C@@H]1[C@H]1O[C@]3(OC)[C@H](O[C@]12OC)[C@@H]1C(/C=C/C(=O)OC)=C[C@H]3[C@@H](c2ccc(OC)c(OC)c2)[C@@H]1C(=O)OC.ClCCl. The van der Waals surface area contributed by atoms with Crippen molar-refractivity contribution in [2.24, 2.45) is 35.5 Å². The van der Waals surface area contributed by atoms with E-state index in [0.29, 0.717) is 45.3 Å². The van der Waals surface area contributed by atoms with Crippen LogP contribution in [0.25, 0.3) is 0 Å². The number of hydrogen-bond donors (Lipinski definition) is 0. The number of halogens is 2. The van der Waals surface area contributed by atoms with Gasteiger partial charge in [0.15, 0.2) is 23.0 Å². The number of fused-ring (bicyclic) bond motifs is 2. The second-order valence-corrected chi connectivity index (χ2v) is 16.4. The van der Waals surface area contributed by atoms with E-state index >= 15 is 0 Å². The molecule has 6 aliphatic carbocycles. The molecule has 2 saturated carbocycles. The van der Waals surface area contributed by atoms with Gasteiger partial charge >= 0.3 is 23.9 Å². The number of esters is 4. The maximum absolute atomic E-state index is 14.4. The van der Waals surface area contributed by atoms with E-state index in [1.165, 1.54) is 83.3 Å². The summed E-state index contributed by atoms with van der Waals surface area (Å²) in [5.74, 6) is -10.6. The Hall–Kier alpha value is -5.10. The summed E-state index contributed by atoms with van der Waals surface area (Å²) in [6.07, 6.45) is 7.38. The van der Waals surface area contributed by atoms with Crippen LogP contribution in [0.1, 0.15) is 23.0 Å². The summed E-state index contributed by atoms with van der Waals surface area (Å²) in [5.41, 5.74) is 2.49. The van der Waals surface area contributed by atoms with Crippen LogP contribution in [0.3, 0.4) is 0 Å². The van der Waals surface area contributed by atoms with Crippen molar-refractivity contribution in [3.8, 4) is 23.0 Å². The lowest BCUT2D eigenvalue weighted by Crippen LogP contribution is -2.79. The number of ether oxygens (including phenoxy) is 12. The molecule has 0 spiro atoms. The highest BCUT2D eigenvalue weighted by atomic mass is 35.5. The zero-order chi connectivity index (χ0) is 47.4. The van der Waals surface area contributed by atoms with E-state index in [-0.39, 0.29) is 5.34 Å². The summed E-state index contributed by atoms with van der Waals surface area (Å²) in [6, 6.07) is 10.8. The van der Waals surface area contributed by atoms with Gasteiger partial charge in [-0.15, -0.1) is 23.2 Å². The summed E-state index contributed by atoms with van der Waals surface area (Å²) >= 11 is 9.53. The molecule has 0 N–H and O–H groups in total. The van der Waals surface area contributed by atoms with Crippen LogP contribution in [0.15, 0.2) is 84.0 Å².